The number of likely N-dealkylation sites (tertiary alicyclic amines) is 1. The molecule has 0 aliphatic carbocycles. The molecule has 0 spiro atoms. The molecule has 0 radical (unpaired) electrons. The molecule has 116 valence electrons. The molecule has 2 rings (SSSR count). The van der Waals surface area contributed by atoms with Crippen molar-refractivity contribution in [3.05, 3.63) is 29.8 Å². The number of nitrogens with one attached hydrogen (secondary N) is 1. The number of para-hydroxylation sites is 1. The third kappa shape index (κ3) is 5.05. The van der Waals surface area contributed by atoms with Crippen molar-refractivity contribution in [1.82, 2.24) is 10.2 Å². The van der Waals surface area contributed by atoms with Crippen molar-refractivity contribution >= 4 is 5.91 Å². The molecule has 1 N–H and O–H groups in total. The third-order valence-corrected chi connectivity index (χ3v) is 4.03. The van der Waals surface area contributed by atoms with E-state index in [0.717, 1.165) is 43.4 Å². The summed E-state index contributed by atoms with van der Waals surface area (Å²) in [7, 11) is 1.63. The van der Waals surface area contributed by atoms with Crippen LogP contribution in [-0.2, 0) is 11.2 Å². The maximum absolute atomic E-state index is 12.0. The molecule has 0 bridgehead atoms. The standard InChI is InChI=1S/C17H26N2O2/c1-14-6-5-10-19(13-14)11-9-18-17(20)12-15-7-3-4-8-16(15)21-2/h3-4,7-8,14H,5-6,9-13H2,1-2H3,(H,18,20). The average Bonchev–Trinajstić information content (AvgIpc) is 2.48. The minimum atomic E-state index is 0.0598. The van der Waals surface area contributed by atoms with Gasteiger partial charge in [0.2, 0.25) is 5.91 Å². The van der Waals surface area contributed by atoms with Crippen molar-refractivity contribution in [2.45, 2.75) is 26.2 Å². The topological polar surface area (TPSA) is 41.6 Å². The van der Waals surface area contributed by atoms with E-state index >= 15 is 0 Å². The smallest absolute Gasteiger partial charge is 0.224 e. The lowest BCUT2D eigenvalue weighted by Gasteiger charge is -2.30. The molecule has 1 amide bonds. The number of nitrogens with zero attached hydrogens (tertiary/aromatic N) is 1. The second-order valence-corrected chi connectivity index (χ2v) is 5.89. The molecule has 1 aromatic rings. The fourth-order valence-electron chi connectivity index (χ4n) is 2.93. The Kier molecular flexibility index (Phi) is 6.05. The molecule has 1 aliphatic heterocycles. The summed E-state index contributed by atoms with van der Waals surface area (Å²) in [4.78, 5) is 14.4. The highest BCUT2D eigenvalue weighted by atomic mass is 16.5. The molecule has 1 aliphatic rings. The van der Waals surface area contributed by atoms with Crippen LogP contribution in [0, 0.1) is 5.92 Å². The summed E-state index contributed by atoms with van der Waals surface area (Å²) in [6, 6.07) is 7.67. The normalized spacial score (nSPS) is 19.2. The van der Waals surface area contributed by atoms with E-state index in [1.807, 2.05) is 24.3 Å². The minimum Gasteiger partial charge on any atom is -0.496 e. The molecule has 1 atom stereocenters. The molecule has 1 heterocycles. The lowest BCUT2D eigenvalue weighted by Crippen LogP contribution is -2.40. The van der Waals surface area contributed by atoms with Crippen molar-refractivity contribution in [3.8, 4) is 5.75 Å². The summed E-state index contributed by atoms with van der Waals surface area (Å²) < 4.78 is 5.27. The van der Waals surface area contributed by atoms with Crippen LogP contribution in [0.2, 0.25) is 0 Å². The third-order valence-electron chi connectivity index (χ3n) is 4.03. The Bertz CT molecular complexity index is 462. The lowest BCUT2D eigenvalue weighted by molar-refractivity contribution is -0.120. The van der Waals surface area contributed by atoms with Gasteiger partial charge in [-0.3, -0.25) is 4.79 Å². The summed E-state index contributed by atoms with van der Waals surface area (Å²) in [6.45, 7) is 6.28. The fourth-order valence-corrected chi connectivity index (χ4v) is 2.93. The van der Waals surface area contributed by atoms with E-state index in [1.165, 1.54) is 12.8 Å². The molecule has 0 saturated carbocycles. The second kappa shape index (κ2) is 8.03. The number of amides is 1. The summed E-state index contributed by atoms with van der Waals surface area (Å²) in [5.74, 6) is 1.62. The molecular weight excluding hydrogens is 264 g/mol. The van der Waals surface area contributed by atoms with Crippen molar-refractivity contribution in [3.63, 3.8) is 0 Å². The first-order valence-electron chi connectivity index (χ1n) is 7.80. The van der Waals surface area contributed by atoms with Gasteiger partial charge in [-0.05, 0) is 31.4 Å². The fraction of sp³-hybridized carbons (Fsp3) is 0.588. The van der Waals surface area contributed by atoms with Crippen LogP contribution < -0.4 is 10.1 Å². The van der Waals surface area contributed by atoms with Crippen LogP contribution in [0.3, 0.4) is 0 Å². The second-order valence-electron chi connectivity index (χ2n) is 5.89. The number of hydrogen-bond donors (Lipinski definition) is 1. The zero-order chi connectivity index (χ0) is 15.1. The number of benzene rings is 1. The van der Waals surface area contributed by atoms with Gasteiger partial charge in [-0.2, -0.15) is 0 Å². The van der Waals surface area contributed by atoms with Crippen molar-refractivity contribution < 1.29 is 9.53 Å². The number of carbonyl (C=O) groups excluding carboxylic acids is 1. The first-order valence-corrected chi connectivity index (χ1v) is 7.80. The van der Waals surface area contributed by atoms with Crippen molar-refractivity contribution in [1.29, 1.82) is 0 Å². The Balaban J connectivity index is 1.72. The summed E-state index contributed by atoms with van der Waals surface area (Å²) in [5.41, 5.74) is 0.934. The van der Waals surface area contributed by atoms with Gasteiger partial charge in [-0.1, -0.05) is 25.1 Å². The quantitative estimate of drug-likeness (QED) is 0.872. The maximum Gasteiger partial charge on any atom is 0.224 e. The van der Waals surface area contributed by atoms with E-state index in [9.17, 15) is 4.79 Å². The summed E-state index contributed by atoms with van der Waals surface area (Å²) in [6.07, 6.45) is 2.98. The average molecular weight is 290 g/mol. The Labute approximate surface area is 127 Å². The van der Waals surface area contributed by atoms with E-state index in [1.54, 1.807) is 7.11 Å². The highest BCUT2D eigenvalue weighted by molar-refractivity contribution is 5.79. The van der Waals surface area contributed by atoms with Crippen LogP contribution in [-0.4, -0.2) is 44.1 Å². The Morgan fingerprint density at radius 2 is 2.24 bits per heavy atom. The van der Waals surface area contributed by atoms with Gasteiger partial charge in [0.1, 0.15) is 5.75 Å². The van der Waals surface area contributed by atoms with Gasteiger partial charge in [0.25, 0.3) is 0 Å². The summed E-state index contributed by atoms with van der Waals surface area (Å²) in [5, 5.41) is 3.01. The monoisotopic (exact) mass is 290 g/mol. The van der Waals surface area contributed by atoms with Gasteiger partial charge >= 0.3 is 0 Å². The van der Waals surface area contributed by atoms with Crippen LogP contribution in [0.15, 0.2) is 24.3 Å². The first kappa shape index (κ1) is 15.8. The van der Waals surface area contributed by atoms with Gasteiger partial charge in [0.15, 0.2) is 0 Å². The number of carbonyl (C=O) groups is 1. The first-order chi connectivity index (χ1) is 10.2. The number of hydrogen-bond acceptors (Lipinski definition) is 3. The predicted octanol–water partition coefficient (Wildman–Crippen LogP) is 2.09. The van der Waals surface area contributed by atoms with E-state index in [-0.39, 0.29) is 5.91 Å². The SMILES string of the molecule is COc1ccccc1CC(=O)NCCN1CCCC(C)C1. The number of piperidine rings is 1. The van der Waals surface area contributed by atoms with Gasteiger partial charge in [0, 0.05) is 25.2 Å². The number of ether oxygens (including phenoxy) is 1. The molecular formula is C17H26N2O2. The predicted molar refractivity (Wildman–Crippen MR) is 84.5 cm³/mol. The molecule has 1 aromatic carbocycles. The van der Waals surface area contributed by atoms with E-state index in [4.69, 9.17) is 4.74 Å². The lowest BCUT2D eigenvalue weighted by atomic mass is 10.0. The molecule has 1 saturated heterocycles. The molecule has 1 fully saturated rings. The minimum absolute atomic E-state index is 0.0598. The van der Waals surface area contributed by atoms with Crippen LogP contribution in [0.25, 0.3) is 0 Å². The van der Waals surface area contributed by atoms with Crippen molar-refractivity contribution in [2.75, 3.05) is 33.3 Å². The number of methoxy groups -OCH3 is 1. The zero-order valence-corrected chi connectivity index (χ0v) is 13.1. The van der Waals surface area contributed by atoms with Gasteiger partial charge in [-0.25, -0.2) is 0 Å². The van der Waals surface area contributed by atoms with E-state index < -0.39 is 0 Å². The maximum atomic E-state index is 12.0. The molecule has 4 nitrogen and oxygen atoms in total. The number of rotatable bonds is 6. The van der Waals surface area contributed by atoms with E-state index in [2.05, 4.69) is 17.1 Å². The Hall–Kier alpha value is -1.55. The summed E-state index contributed by atoms with van der Waals surface area (Å²) >= 11 is 0. The Morgan fingerprint density at radius 3 is 3.00 bits per heavy atom. The van der Waals surface area contributed by atoms with E-state index in [0.29, 0.717) is 6.42 Å². The van der Waals surface area contributed by atoms with Gasteiger partial charge in [0.05, 0.1) is 13.5 Å². The highest BCUT2D eigenvalue weighted by Gasteiger charge is 2.16. The molecule has 1 unspecified atom stereocenters. The van der Waals surface area contributed by atoms with Gasteiger partial charge < -0.3 is 15.0 Å². The van der Waals surface area contributed by atoms with Crippen LogP contribution >= 0.6 is 0 Å². The van der Waals surface area contributed by atoms with Crippen LogP contribution in [0.4, 0.5) is 0 Å². The van der Waals surface area contributed by atoms with Crippen molar-refractivity contribution in [2.24, 2.45) is 5.92 Å². The Morgan fingerprint density at radius 1 is 1.43 bits per heavy atom. The zero-order valence-electron chi connectivity index (χ0n) is 13.1. The highest BCUT2D eigenvalue weighted by Crippen LogP contribution is 2.17. The molecule has 4 heteroatoms. The largest absolute Gasteiger partial charge is 0.496 e. The van der Waals surface area contributed by atoms with Gasteiger partial charge in [-0.15, -0.1) is 0 Å². The van der Waals surface area contributed by atoms with Crippen LogP contribution in [0.5, 0.6) is 5.75 Å². The van der Waals surface area contributed by atoms with Crippen LogP contribution in [0.1, 0.15) is 25.3 Å². The molecule has 21 heavy (non-hydrogen) atoms. The molecule has 0 aromatic heterocycles.